The summed E-state index contributed by atoms with van der Waals surface area (Å²) in [6.45, 7) is 4.00. The van der Waals surface area contributed by atoms with Gasteiger partial charge in [0.05, 0.1) is 0 Å². The van der Waals surface area contributed by atoms with E-state index in [4.69, 9.17) is 10.8 Å². The van der Waals surface area contributed by atoms with Gasteiger partial charge in [-0.25, -0.2) is 4.79 Å². The van der Waals surface area contributed by atoms with Crippen LogP contribution in [0.1, 0.15) is 26.7 Å². The number of hydrogen-bond donors (Lipinski definition) is 3. The minimum Gasteiger partial charge on any atom is -0.476 e. The Morgan fingerprint density at radius 1 is 1.71 bits per heavy atom. The molecule has 0 spiro atoms. The Morgan fingerprint density at radius 2 is 2.29 bits per heavy atom. The van der Waals surface area contributed by atoms with Crippen LogP contribution in [0.2, 0.25) is 0 Å². The van der Waals surface area contributed by atoms with E-state index in [0.29, 0.717) is 0 Å². The van der Waals surface area contributed by atoms with Crippen LogP contribution in [0.3, 0.4) is 0 Å². The highest BCUT2D eigenvalue weighted by molar-refractivity contribution is 5.87. The first-order chi connectivity index (χ1) is 6.42. The third-order valence-electron chi connectivity index (χ3n) is 2.67. The van der Waals surface area contributed by atoms with Gasteiger partial charge in [-0.2, -0.15) is 0 Å². The van der Waals surface area contributed by atoms with Gasteiger partial charge in [-0.15, -0.1) is 0 Å². The molecule has 80 valence electrons. The highest BCUT2D eigenvalue weighted by atomic mass is 16.4. The number of hydrogen-bond acceptors (Lipinski definition) is 4. The second kappa shape index (κ2) is 3.40. The fourth-order valence-corrected chi connectivity index (χ4v) is 1.84. The number of rotatable bonds is 3. The van der Waals surface area contributed by atoms with Crippen LogP contribution in [0.4, 0.5) is 0 Å². The zero-order valence-corrected chi connectivity index (χ0v) is 8.79. The van der Waals surface area contributed by atoms with Gasteiger partial charge in [0.1, 0.15) is 11.5 Å². The normalized spacial score (nSPS) is 26.6. The summed E-state index contributed by atoms with van der Waals surface area (Å²) in [5.74, 6) is -0.742. The van der Waals surface area contributed by atoms with Crippen LogP contribution >= 0.6 is 0 Å². The average molecular weight is 199 g/mol. The number of nitrogens with one attached hydrogen (secondary N) is 1. The molecule has 1 aliphatic heterocycles. The van der Waals surface area contributed by atoms with Crippen molar-refractivity contribution in [3.63, 3.8) is 0 Å². The number of carboxylic acids is 1. The van der Waals surface area contributed by atoms with Gasteiger partial charge in [-0.1, -0.05) is 13.3 Å². The Bertz CT molecular complexity index is 288. The molecule has 0 saturated carbocycles. The SMILES string of the molecule is CCCC1(C)NC(N)=C(C(=O)O)N1C. The second-order valence-electron chi connectivity index (χ2n) is 3.78. The Morgan fingerprint density at radius 3 is 2.64 bits per heavy atom. The highest BCUT2D eigenvalue weighted by Gasteiger charge is 2.40. The van der Waals surface area contributed by atoms with E-state index in [9.17, 15) is 4.79 Å². The van der Waals surface area contributed by atoms with Crippen LogP contribution in [0.5, 0.6) is 0 Å². The fraction of sp³-hybridized carbons (Fsp3) is 0.667. The molecule has 1 atom stereocenters. The number of likely N-dealkylation sites (N-methyl/N-ethyl adjacent to an activating group) is 1. The standard InChI is InChI=1S/C9H17N3O2/c1-4-5-9(2)11-7(10)6(8(13)14)12(9)3/h11H,4-5,10H2,1-3H3,(H,13,14). The molecule has 1 unspecified atom stereocenters. The van der Waals surface area contributed by atoms with Gasteiger partial charge in [0.25, 0.3) is 0 Å². The summed E-state index contributed by atoms with van der Waals surface area (Å²) in [6, 6.07) is 0. The largest absolute Gasteiger partial charge is 0.476 e. The van der Waals surface area contributed by atoms with Crippen molar-refractivity contribution >= 4 is 5.97 Å². The van der Waals surface area contributed by atoms with E-state index >= 15 is 0 Å². The van der Waals surface area contributed by atoms with E-state index in [-0.39, 0.29) is 17.2 Å². The fourth-order valence-electron chi connectivity index (χ4n) is 1.84. The molecule has 0 aromatic rings. The van der Waals surface area contributed by atoms with Gasteiger partial charge in [0.15, 0.2) is 5.70 Å². The summed E-state index contributed by atoms with van der Waals surface area (Å²) in [7, 11) is 1.74. The lowest BCUT2D eigenvalue weighted by molar-refractivity contribution is -0.134. The van der Waals surface area contributed by atoms with Gasteiger partial charge in [-0.3, -0.25) is 0 Å². The number of nitrogens with two attached hydrogens (primary N) is 1. The maximum Gasteiger partial charge on any atom is 0.356 e. The molecule has 5 heteroatoms. The molecule has 14 heavy (non-hydrogen) atoms. The van der Waals surface area contributed by atoms with E-state index in [1.54, 1.807) is 11.9 Å². The molecule has 1 heterocycles. The molecule has 1 rings (SSSR count). The zero-order chi connectivity index (χ0) is 10.9. The number of aliphatic carboxylic acids is 1. The van der Waals surface area contributed by atoms with Crippen LogP contribution in [-0.4, -0.2) is 28.7 Å². The third kappa shape index (κ3) is 1.49. The number of carbonyl (C=O) groups is 1. The van der Waals surface area contributed by atoms with Crippen LogP contribution in [0.25, 0.3) is 0 Å². The van der Waals surface area contributed by atoms with Gasteiger partial charge >= 0.3 is 5.97 Å². The second-order valence-corrected chi connectivity index (χ2v) is 3.78. The summed E-state index contributed by atoms with van der Waals surface area (Å²) >= 11 is 0. The molecule has 0 fully saturated rings. The molecule has 0 aromatic carbocycles. The Balaban J connectivity index is 2.93. The van der Waals surface area contributed by atoms with Crippen molar-refractivity contribution in [3.8, 4) is 0 Å². The lowest BCUT2D eigenvalue weighted by Gasteiger charge is -2.34. The van der Waals surface area contributed by atoms with Gasteiger partial charge in [0.2, 0.25) is 0 Å². The number of carboxylic acid groups (broad SMARTS) is 1. The summed E-state index contributed by atoms with van der Waals surface area (Å²) in [6.07, 6.45) is 1.81. The summed E-state index contributed by atoms with van der Waals surface area (Å²) in [5.41, 5.74) is 5.41. The Hall–Kier alpha value is -1.39. The van der Waals surface area contributed by atoms with E-state index < -0.39 is 5.97 Å². The maximum absolute atomic E-state index is 10.9. The third-order valence-corrected chi connectivity index (χ3v) is 2.67. The van der Waals surface area contributed by atoms with Crippen LogP contribution in [0.15, 0.2) is 11.5 Å². The maximum atomic E-state index is 10.9. The smallest absolute Gasteiger partial charge is 0.356 e. The van der Waals surface area contributed by atoms with E-state index in [1.807, 2.05) is 6.92 Å². The lowest BCUT2D eigenvalue weighted by Crippen LogP contribution is -2.49. The molecule has 0 aromatic heterocycles. The van der Waals surface area contributed by atoms with Crippen molar-refractivity contribution < 1.29 is 9.90 Å². The molecule has 1 aliphatic rings. The van der Waals surface area contributed by atoms with Crippen molar-refractivity contribution in [1.29, 1.82) is 0 Å². The molecule has 0 radical (unpaired) electrons. The van der Waals surface area contributed by atoms with Gasteiger partial charge in [-0.05, 0) is 13.3 Å². The predicted molar refractivity (Wildman–Crippen MR) is 53.1 cm³/mol. The average Bonchev–Trinajstić information content (AvgIpc) is 2.23. The zero-order valence-electron chi connectivity index (χ0n) is 8.79. The molecule has 0 amide bonds. The quantitative estimate of drug-likeness (QED) is 0.607. The molecular formula is C9H17N3O2. The van der Waals surface area contributed by atoms with Crippen LogP contribution in [0, 0.1) is 0 Å². The lowest BCUT2D eigenvalue weighted by atomic mass is 10.1. The first kappa shape index (κ1) is 10.7. The van der Waals surface area contributed by atoms with Crippen molar-refractivity contribution in [1.82, 2.24) is 10.2 Å². The highest BCUT2D eigenvalue weighted by Crippen LogP contribution is 2.28. The summed E-state index contributed by atoms with van der Waals surface area (Å²) in [5, 5.41) is 11.9. The van der Waals surface area contributed by atoms with E-state index in [2.05, 4.69) is 12.2 Å². The van der Waals surface area contributed by atoms with Gasteiger partial charge < -0.3 is 21.1 Å². The van der Waals surface area contributed by atoms with Crippen LogP contribution in [-0.2, 0) is 4.79 Å². The molecule has 0 aliphatic carbocycles. The minimum atomic E-state index is -0.989. The predicted octanol–water partition coefficient (Wildman–Crippen LogP) is 0.250. The summed E-state index contributed by atoms with van der Waals surface area (Å²) in [4.78, 5) is 12.6. The van der Waals surface area contributed by atoms with Crippen molar-refractivity contribution in [2.45, 2.75) is 32.4 Å². The first-order valence-corrected chi connectivity index (χ1v) is 4.67. The topological polar surface area (TPSA) is 78.6 Å². The molecule has 0 bridgehead atoms. The monoisotopic (exact) mass is 199 g/mol. The van der Waals surface area contributed by atoms with E-state index in [1.165, 1.54) is 0 Å². The van der Waals surface area contributed by atoms with Gasteiger partial charge in [0, 0.05) is 7.05 Å². The van der Waals surface area contributed by atoms with E-state index in [0.717, 1.165) is 12.8 Å². The van der Waals surface area contributed by atoms with Crippen molar-refractivity contribution in [3.05, 3.63) is 11.5 Å². The van der Waals surface area contributed by atoms with Crippen molar-refractivity contribution in [2.75, 3.05) is 7.05 Å². The minimum absolute atomic E-state index is 0.154. The molecule has 5 nitrogen and oxygen atoms in total. The summed E-state index contributed by atoms with van der Waals surface area (Å²) < 4.78 is 0. The molecule has 0 saturated heterocycles. The van der Waals surface area contributed by atoms with Crippen molar-refractivity contribution in [2.24, 2.45) is 5.73 Å². The molecular weight excluding hydrogens is 182 g/mol. The van der Waals surface area contributed by atoms with Crippen LogP contribution < -0.4 is 11.1 Å². The first-order valence-electron chi connectivity index (χ1n) is 4.67. The Kier molecular flexibility index (Phi) is 2.59. The molecule has 4 N–H and O–H groups in total. The Labute approximate surface area is 83.6 Å². The number of nitrogens with zero attached hydrogens (tertiary/aromatic N) is 1.